The number of hydrogen-bond donors (Lipinski definition) is 6. The Balaban J connectivity index is 1.61. The van der Waals surface area contributed by atoms with Gasteiger partial charge in [0.25, 0.3) is 5.91 Å². The minimum absolute atomic E-state index is 0.0240. The van der Waals surface area contributed by atoms with E-state index in [2.05, 4.69) is 52.5 Å². The van der Waals surface area contributed by atoms with Gasteiger partial charge in [0.1, 0.15) is 30.7 Å². The molecule has 6 amide bonds. The van der Waals surface area contributed by atoms with E-state index in [9.17, 15) is 33.9 Å². The molecular formula is C51H83BrN10O9. The molecule has 398 valence electrons. The van der Waals surface area contributed by atoms with Crippen molar-refractivity contribution in [2.75, 3.05) is 53.8 Å². The van der Waals surface area contributed by atoms with E-state index >= 15 is 0 Å². The van der Waals surface area contributed by atoms with Crippen LogP contribution in [0.5, 0.6) is 0 Å². The maximum atomic E-state index is 14.4. The van der Waals surface area contributed by atoms with Gasteiger partial charge in [-0.15, -0.1) is 0 Å². The highest BCUT2D eigenvalue weighted by Crippen LogP contribution is 2.30. The van der Waals surface area contributed by atoms with Crippen molar-refractivity contribution in [3.05, 3.63) is 53.6 Å². The molecule has 1 saturated heterocycles. The van der Waals surface area contributed by atoms with E-state index in [0.717, 1.165) is 18.4 Å². The fraction of sp³-hybridized carbons (Fsp3) is 0.686. The zero-order chi connectivity index (χ0) is 53.3. The van der Waals surface area contributed by atoms with Crippen molar-refractivity contribution in [1.82, 2.24) is 45.9 Å². The first-order valence-corrected chi connectivity index (χ1v) is 26.0. The topological polar surface area (TPSA) is 237 Å². The van der Waals surface area contributed by atoms with Crippen molar-refractivity contribution in [2.45, 2.75) is 154 Å². The molecular weight excluding hydrogens is 977 g/mol. The molecule has 0 bridgehead atoms. The number of aromatic nitrogens is 2. The van der Waals surface area contributed by atoms with Gasteiger partial charge in [-0.1, -0.05) is 82.9 Å². The number of nitrogens with zero attached hydrogens (tertiary/aromatic N) is 5. The van der Waals surface area contributed by atoms with Gasteiger partial charge < -0.3 is 45.6 Å². The van der Waals surface area contributed by atoms with Gasteiger partial charge in [-0.05, 0) is 82.7 Å². The third kappa shape index (κ3) is 17.0. The predicted octanol–water partition coefficient (Wildman–Crippen LogP) is 3.73. The zero-order valence-electron chi connectivity index (χ0n) is 44.5. The number of carbonyl (C=O) groups is 6. The van der Waals surface area contributed by atoms with Crippen molar-refractivity contribution >= 4 is 57.1 Å². The number of carbonyl (C=O) groups excluding carboxylic acids is 6. The number of likely N-dealkylation sites (N-methyl/N-ethyl adjacent to an activating group) is 2. The Kier molecular flexibility index (Phi) is 25.0. The minimum Gasteiger partial charge on any atom is -0.379 e. The molecule has 1 aromatic heterocycles. The van der Waals surface area contributed by atoms with Crippen LogP contribution in [0.15, 0.2) is 36.8 Å². The second-order valence-electron chi connectivity index (χ2n) is 19.8. The molecule has 20 heteroatoms. The first-order chi connectivity index (χ1) is 33.5. The molecule has 19 nitrogen and oxygen atoms in total. The standard InChI is InChI=1S/C51H83BrN10O9/c1-15-31(6)44(61(12)51(69)42(29(2)3)59-50(68)43(30(4)5)60(10)11)40(70-13)25-41(63)62-23-17-20-39(62)45(71-14)32(7)46(64)54-22-21-35-18-16-19-36(24-35)58-48(66)34(9)56-47(65)33(8)57-49(67)37-27-53-28-55-38(37)26-52/h16,18-19,24,27-34,39-40,42-46,54,64H,15,17,20-23,25-26H2,1-14H3,(H,56,65)(H,57,67)(H,58,66)(H,59,68)/t31-,32+,33-,34-,39-,40+,42-,43-,44-,45+,46?/m0/s1. The normalized spacial score (nSPS) is 18.1. The van der Waals surface area contributed by atoms with Crippen LogP contribution in [0, 0.1) is 23.7 Å². The van der Waals surface area contributed by atoms with Crippen LogP contribution in [0.2, 0.25) is 0 Å². The quantitative estimate of drug-likeness (QED) is 0.0527. The molecule has 6 N–H and O–H groups in total. The monoisotopic (exact) mass is 1060 g/mol. The molecule has 2 heterocycles. The number of amides is 6. The van der Waals surface area contributed by atoms with Crippen molar-refractivity contribution < 1.29 is 43.3 Å². The summed E-state index contributed by atoms with van der Waals surface area (Å²) in [5, 5.41) is 26.1. The van der Waals surface area contributed by atoms with Crippen LogP contribution in [0.3, 0.4) is 0 Å². The minimum atomic E-state index is -0.978. The summed E-state index contributed by atoms with van der Waals surface area (Å²) in [6.07, 6.45) is 3.29. The molecule has 1 aliphatic heterocycles. The number of benzene rings is 1. The smallest absolute Gasteiger partial charge is 0.255 e. The fourth-order valence-electron chi connectivity index (χ4n) is 9.47. The molecule has 0 radical (unpaired) electrons. The van der Waals surface area contributed by atoms with Crippen LogP contribution in [-0.4, -0.2) is 168 Å². The lowest BCUT2D eigenvalue weighted by molar-refractivity contribution is -0.147. The molecule has 2 aromatic rings. The van der Waals surface area contributed by atoms with Gasteiger partial charge in [0.2, 0.25) is 29.5 Å². The van der Waals surface area contributed by atoms with Crippen LogP contribution in [0.25, 0.3) is 0 Å². The molecule has 1 unspecified atom stereocenters. The third-order valence-electron chi connectivity index (χ3n) is 13.7. The van der Waals surface area contributed by atoms with Crippen molar-refractivity contribution in [1.29, 1.82) is 0 Å². The Hall–Kier alpha value is -4.60. The first-order valence-electron chi connectivity index (χ1n) is 24.9. The SMILES string of the molecule is CC[C@H](C)[C@@H]([C@@H](CC(=O)N1CCC[C@H]1[C@H](OC)[C@@H](C)C(O)NCCc1cccc(NC(=O)[C@H](C)NC(=O)[C@H](C)NC(=O)c2cncnc2CBr)c1)OC)N(C)C(=O)[C@@H](NC(=O)[C@H](C(C)C)N(C)C)C(C)C. The Morgan fingerprint density at radius 1 is 0.901 bits per heavy atom. The number of likely N-dealkylation sites (tertiary alicyclic amines) is 1. The molecule has 3 rings (SSSR count). The average Bonchev–Trinajstić information content (AvgIpc) is 3.82. The van der Waals surface area contributed by atoms with E-state index in [4.69, 9.17) is 9.47 Å². The summed E-state index contributed by atoms with van der Waals surface area (Å²) in [6, 6.07) is 3.44. The summed E-state index contributed by atoms with van der Waals surface area (Å²) in [5.74, 6) is -2.71. The van der Waals surface area contributed by atoms with E-state index in [0.29, 0.717) is 42.6 Å². The second kappa shape index (κ2) is 29.2. The van der Waals surface area contributed by atoms with Crippen molar-refractivity contribution in [3.8, 4) is 0 Å². The molecule has 1 aliphatic rings. The van der Waals surface area contributed by atoms with Gasteiger partial charge >= 0.3 is 0 Å². The number of nitrogens with one attached hydrogen (secondary N) is 5. The predicted molar refractivity (Wildman–Crippen MR) is 277 cm³/mol. The Morgan fingerprint density at radius 2 is 1.58 bits per heavy atom. The Labute approximate surface area is 430 Å². The van der Waals surface area contributed by atoms with Crippen molar-refractivity contribution in [3.63, 3.8) is 0 Å². The van der Waals surface area contributed by atoms with Crippen LogP contribution in [0.4, 0.5) is 5.69 Å². The number of methoxy groups -OCH3 is 2. The molecule has 71 heavy (non-hydrogen) atoms. The lowest BCUT2D eigenvalue weighted by Crippen LogP contribution is -2.59. The number of aliphatic hydroxyl groups is 1. The molecule has 0 saturated carbocycles. The summed E-state index contributed by atoms with van der Waals surface area (Å²) in [5.41, 5.74) is 2.12. The lowest BCUT2D eigenvalue weighted by atomic mass is 9.89. The molecule has 1 aromatic carbocycles. The highest BCUT2D eigenvalue weighted by molar-refractivity contribution is 9.08. The van der Waals surface area contributed by atoms with E-state index in [1.807, 2.05) is 84.5 Å². The van der Waals surface area contributed by atoms with E-state index in [1.54, 1.807) is 45.2 Å². The highest BCUT2D eigenvalue weighted by atomic mass is 79.9. The van der Waals surface area contributed by atoms with E-state index in [1.165, 1.54) is 19.4 Å². The summed E-state index contributed by atoms with van der Waals surface area (Å²) in [7, 11) is 8.59. The highest BCUT2D eigenvalue weighted by Gasteiger charge is 2.43. The summed E-state index contributed by atoms with van der Waals surface area (Å²) >= 11 is 3.29. The van der Waals surface area contributed by atoms with Crippen LogP contribution >= 0.6 is 15.9 Å². The number of ether oxygens (including phenoxy) is 2. The van der Waals surface area contributed by atoms with Gasteiger partial charge in [0.05, 0.1) is 48.0 Å². The number of aliphatic hydroxyl groups excluding tert-OH is 1. The van der Waals surface area contributed by atoms with E-state index < -0.39 is 72.3 Å². The van der Waals surface area contributed by atoms with Gasteiger partial charge in [0.15, 0.2) is 0 Å². The Morgan fingerprint density at radius 3 is 2.17 bits per heavy atom. The fourth-order valence-corrected chi connectivity index (χ4v) is 9.92. The van der Waals surface area contributed by atoms with Crippen LogP contribution < -0.4 is 26.6 Å². The first kappa shape index (κ1) is 60.7. The lowest BCUT2D eigenvalue weighted by Gasteiger charge is -2.41. The largest absolute Gasteiger partial charge is 0.379 e. The average molecular weight is 1060 g/mol. The van der Waals surface area contributed by atoms with Crippen LogP contribution in [-0.2, 0) is 45.2 Å². The number of anilines is 1. The van der Waals surface area contributed by atoms with Gasteiger partial charge in [-0.2, -0.15) is 0 Å². The molecule has 1 fully saturated rings. The maximum Gasteiger partial charge on any atom is 0.255 e. The van der Waals surface area contributed by atoms with Crippen LogP contribution in [0.1, 0.15) is 110 Å². The molecule has 0 aliphatic carbocycles. The number of halogens is 1. The van der Waals surface area contributed by atoms with Gasteiger partial charge in [-0.3, -0.25) is 39.0 Å². The molecule has 11 atom stereocenters. The van der Waals surface area contributed by atoms with Crippen molar-refractivity contribution in [2.24, 2.45) is 23.7 Å². The molecule has 0 spiro atoms. The Bertz CT molecular complexity index is 2050. The van der Waals surface area contributed by atoms with Gasteiger partial charge in [-0.25, -0.2) is 9.97 Å². The van der Waals surface area contributed by atoms with E-state index in [-0.39, 0.29) is 53.5 Å². The van der Waals surface area contributed by atoms with Gasteiger partial charge in [0, 0.05) is 57.5 Å². The summed E-state index contributed by atoms with van der Waals surface area (Å²) < 4.78 is 12.1. The third-order valence-corrected chi connectivity index (χ3v) is 14.2. The maximum absolute atomic E-state index is 14.4. The zero-order valence-corrected chi connectivity index (χ0v) is 46.0. The number of alkyl halides is 1. The summed E-state index contributed by atoms with van der Waals surface area (Å²) in [4.78, 5) is 94.3. The number of hydrogen-bond acceptors (Lipinski definition) is 13. The number of rotatable bonds is 28. The summed E-state index contributed by atoms with van der Waals surface area (Å²) in [6.45, 7) is 17.7. The second-order valence-corrected chi connectivity index (χ2v) is 20.4.